The molecule has 2 nitrogen and oxygen atoms in total. The van der Waals surface area contributed by atoms with Crippen molar-refractivity contribution in [2.45, 2.75) is 51.5 Å². The number of benzene rings is 1. The highest BCUT2D eigenvalue weighted by Crippen LogP contribution is 2.46. The van der Waals surface area contributed by atoms with Crippen LogP contribution in [0.2, 0.25) is 0 Å². The van der Waals surface area contributed by atoms with Crippen LogP contribution in [-0.4, -0.2) is 9.55 Å². The minimum Gasteiger partial charge on any atom is -0.326 e. The first kappa shape index (κ1) is 13.9. The molecule has 1 fully saturated rings. The lowest BCUT2D eigenvalue weighted by Gasteiger charge is -2.42. The number of hydrogen-bond donors (Lipinski definition) is 0. The van der Waals surface area contributed by atoms with Crippen LogP contribution in [0.5, 0.6) is 0 Å². The zero-order valence-electron chi connectivity index (χ0n) is 12.0. The average molecular weight is 295 g/mol. The van der Waals surface area contributed by atoms with Gasteiger partial charge in [0, 0.05) is 6.54 Å². The fraction of sp³-hybridized carbons (Fsp3) is 0.562. The first-order chi connectivity index (χ1) is 9.56. The van der Waals surface area contributed by atoms with E-state index in [2.05, 4.69) is 16.5 Å². The van der Waals surface area contributed by atoms with Gasteiger partial charge in [0.05, 0.1) is 10.9 Å². The van der Waals surface area contributed by atoms with E-state index in [0.717, 1.165) is 24.3 Å². The van der Waals surface area contributed by atoms with Gasteiger partial charge >= 0.3 is 0 Å². The molecule has 0 saturated heterocycles. The van der Waals surface area contributed by atoms with E-state index in [1.807, 2.05) is 13.0 Å². The first-order valence-corrected chi connectivity index (χ1v) is 7.79. The third kappa shape index (κ3) is 2.12. The average Bonchev–Trinajstić information content (AvgIpc) is 2.74. The predicted octanol–water partition coefficient (Wildman–Crippen LogP) is 5.06. The second-order valence-electron chi connectivity index (χ2n) is 5.99. The Hall–Kier alpha value is -1.09. The highest BCUT2D eigenvalue weighted by molar-refractivity contribution is 6.20. The van der Waals surface area contributed by atoms with Crippen LogP contribution >= 0.6 is 11.6 Å². The van der Waals surface area contributed by atoms with Gasteiger partial charge in [-0.05, 0) is 43.7 Å². The molecule has 108 valence electrons. The molecule has 1 heterocycles. The highest BCUT2D eigenvalue weighted by atomic mass is 35.5. The largest absolute Gasteiger partial charge is 0.326 e. The van der Waals surface area contributed by atoms with E-state index < -0.39 is 0 Å². The molecule has 1 unspecified atom stereocenters. The number of hydrogen-bond acceptors (Lipinski definition) is 1. The molecule has 0 amide bonds. The fourth-order valence-corrected chi connectivity index (χ4v) is 3.40. The van der Waals surface area contributed by atoms with E-state index in [9.17, 15) is 4.39 Å². The van der Waals surface area contributed by atoms with Gasteiger partial charge in [0.15, 0.2) is 5.82 Å². The topological polar surface area (TPSA) is 17.8 Å². The van der Waals surface area contributed by atoms with E-state index in [-0.39, 0.29) is 11.2 Å². The van der Waals surface area contributed by atoms with Gasteiger partial charge in [-0.3, -0.25) is 0 Å². The number of alkyl halides is 1. The Morgan fingerprint density at radius 2 is 2.20 bits per heavy atom. The van der Waals surface area contributed by atoms with Gasteiger partial charge in [0.25, 0.3) is 0 Å². The SMILES string of the molecule is CCC1(Cn2c(C(C)Cl)nc3c(F)cccc32)CCC1. The molecular formula is C16H20ClFN2. The molecule has 1 aliphatic carbocycles. The van der Waals surface area contributed by atoms with Crippen LogP contribution in [0.1, 0.15) is 50.7 Å². The minimum absolute atomic E-state index is 0.212. The number of aromatic nitrogens is 2. The van der Waals surface area contributed by atoms with Crippen molar-refractivity contribution < 1.29 is 4.39 Å². The van der Waals surface area contributed by atoms with Gasteiger partial charge in [-0.2, -0.15) is 0 Å². The Bertz CT molecular complexity index is 623. The van der Waals surface area contributed by atoms with Crippen molar-refractivity contribution in [3.05, 3.63) is 29.8 Å². The summed E-state index contributed by atoms with van der Waals surface area (Å²) in [5, 5.41) is -0.212. The predicted molar refractivity (Wildman–Crippen MR) is 80.5 cm³/mol. The Balaban J connectivity index is 2.12. The molecule has 1 aromatic heterocycles. The number of halogens is 2. The monoisotopic (exact) mass is 294 g/mol. The van der Waals surface area contributed by atoms with E-state index in [1.165, 1.54) is 25.3 Å². The Morgan fingerprint density at radius 3 is 2.75 bits per heavy atom. The molecule has 0 spiro atoms. The zero-order chi connectivity index (χ0) is 14.3. The Morgan fingerprint density at radius 1 is 1.45 bits per heavy atom. The highest BCUT2D eigenvalue weighted by Gasteiger charge is 2.36. The van der Waals surface area contributed by atoms with E-state index >= 15 is 0 Å². The number of imidazole rings is 1. The second-order valence-corrected chi connectivity index (χ2v) is 6.64. The Labute approximate surface area is 123 Å². The summed E-state index contributed by atoms with van der Waals surface area (Å²) in [6, 6.07) is 5.15. The summed E-state index contributed by atoms with van der Waals surface area (Å²) in [5.74, 6) is 0.519. The normalized spacial score (nSPS) is 19.0. The molecule has 2 aromatic rings. The molecule has 20 heavy (non-hydrogen) atoms. The lowest BCUT2D eigenvalue weighted by atomic mass is 9.67. The molecule has 0 N–H and O–H groups in total. The van der Waals surface area contributed by atoms with Gasteiger partial charge in [-0.25, -0.2) is 9.37 Å². The number of nitrogens with zero attached hydrogens (tertiary/aromatic N) is 2. The maximum absolute atomic E-state index is 13.9. The van der Waals surface area contributed by atoms with Gasteiger partial charge in [-0.15, -0.1) is 11.6 Å². The van der Waals surface area contributed by atoms with Crippen LogP contribution in [0, 0.1) is 11.2 Å². The Kier molecular flexibility index (Phi) is 3.49. The molecule has 0 bridgehead atoms. The maximum atomic E-state index is 13.9. The van der Waals surface area contributed by atoms with Crippen molar-refractivity contribution in [2.75, 3.05) is 0 Å². The summed E-state index contributed by atoms with van der Waals surface area (Å²) in [6.45, 7) is 5.04. The molecule has 1 saturated carbocycles. The molecule has 1 aliphatic rings. The van der Waals surface area contributed by atoms with E-state index in [0.29, 0.717) is 10.9 Å². The summed E-state index contributed by atoms with van der Waals surface area (Å²) in [4.78, 5) is 4.44. The number of fused-ring (bicyclic) bond motifs is 1. The fourth-order valence-electron chi connectivity index (χ4n) is 3.24. The van der Waals surface area contributed by atoms with Crippen molar-refractivity contribution in [3.63, 3.8) is 0 Å². The van der Waals surface area contributed by atoms with Gasteiger partial charge < -0.3 is 4.57 Å². The quantitative estimate of drug-likeness (QED) is 0.721. The summed E-state index contributed by atoms with van der Waals surface area (Å²) in [6.07, 6.45) is 4.93. The van der Waals surface area contributed by atoms with Crippen molar-refractivity contribution >= 4 is 22.6 Å². The van der Waals surface area contributed by atoms with Crippen LogP contribution in [0.15, 0.2) is 18.2 Å². The lowest BCUT2D eigenvalue weighted by molar-refractivity contribution is 0.101. The number of rotatable bonds is 4. The van der Waals surface area contributed by atoms with E-state index in [1.54, 1.807) is 6.07 Å². The zero-order valence-corrected chi connectivity index (χ0v) is 12.8. The molecular weight excluding hydrogens is 275 g/mol. The van der Waals surface area contributed by atoms with Crippen LogP contribution < -0.4 is 0 Å². The van der Waals surface area contributed by atoms with Crippen molar-refractivity contribution in [3.8, 4) is 0 Å². The van der Waals surface area contributed by atoms with Crippen molar-refractivity contribution in [1.82, 2.24) is 9.55 Å². The van der Waals surface area contributed by atoms with Crippen molar-refractivity contribution in [2.24, 2.45) is 5.41 Å². The summed E-state index contributed by atoms with van der Waals surface area (Å²) >= 11 is 6.26. The maximum Gasteiger partial charge on any atom is 0.151 e. The van der Waals surface area contributed by atoms with E-state index in [4.69, 9.17) is 11.6 Å². The van der Waals surface area contributed by atoms with Crippen molar-refractivity contribution in [1.29, 1.82) is 0 Å². The smallest absolute Gasteiger partial charge is 0.151 e. The van der Waals surface area contributed by atoms with Crippen LogP contribution in [0.4, 0.5) is 4.39 Å². The van der Waals surface area contributed by atoms with Gasteiger partial charge in [-0.1, -0.05) is 19.4 Å². The summed E-state index contributed by atoms with van der Waals surface area (Å²) in [7, 11) is 0. The molecule has 4 heteroatoms. The number of para-hydroxylation sites is 1. The van der Waals surface area contributed by atoms with Crippen LogP contribution in [0.3, 0.4) is 0 Å². The minimum atomic E-state index is -0.265. The first-order valence-electron chi connectivity index (χ1n) is 7.35. The molecule has 0 aliphatic heterocycles. The third-order valence-corrected chi connectivity index (χ3v) is 4.97. The summed E-state index contributed by atoms with van der Waals surface area (Å²) in [5.41, 5.74) is 1.66. The van der Waals surface area contributed by atoms with Crippen LogP contribution in [0.25, 0.3) is 11.0 Å². The molecule has 1 atom stereocenters. The molecule has 1 aromatic carbocycles. The second kappa shape index (κ2) is 5.03. The summed E-state index contributed by atoms with van der Waals surface area (Å²) < 4.78 is 16.1. The van der Waals surface area contributed by atoms with Crippen LogP contribution in [-0.2, 0) is 6.54 Å². The third-order valence-electron chi connectivity index (χ3n) is 4.77. The lowest BCUT2D eigenvalue weighted by Crippen LogP contribution is -2.34. The molecule has 0 radical (unpaired) electrons. The standard InChI is InChI=1S/C16H20ClFN2/c1-3-16(8-5-9-16)10-20-13-7-4-6-12(18)14(13)19-15(20)11(2)17/h4,6-7,11H,3,5,8-10H2,1-2H3. The van der Waals surface area contributed by atoms with Gasteiger partial charge in [0.1, 0.15) is 11.3 Å². The van der Waals surface area contributed by atoms with Gasteiger partial charge in [0.2, 0.25) is 0 Å². The molecule has 3 rings (SSSR count).